The molecule has 1 atom stereocenters. The van der Waals surface area contributed by atoms with Gasteiger partial charge in [-0.05, 0) is 41.1 Å². The van der Waals surface area contributed by atoms with E-state index in [1.165, 1.54) is 11.1 Å². The maximum atomic E-state index is 12.3. The van der Waals surface area contributed by atoms with Crippen LogP contribution in [0.15, 0.2) is 64.6 Å². The molecule has 150 valence electrons. The third-order valence-corrected chi connectivity index (χ3v) is 6.01. The van der Waals surface area contributed by atoms with Crippen LogP contribution in [0.1, 0.15) is 27.8 Å². The minimum Gasteiger partial charge on any atom is -0.468 e. The molecule has 0 saturated heterocycles. The Bertz CT molecular complexity index is 954. The van der Waals surface area contributed by atoms with Gasteiger partial charge in [0.05, 0.1) is 18.8 Å². The highest BCUT2D eigenvalue weighted by atomic mass is 32.1. The van der Waals surface area contributed by atoms with Crippen molar-refractivity contribution in [1.29, 1.82) is 0 Å². The average Bonchev–Trinajstić information content (AvgIpc) is 3.46. The van der Waals surface area contributed by atoms with E-state index in [0.29, 0.717) is 13.1 Å². The van der Waals surface area contributed by atoms with E-state index >= 15 is 0 Å². The minimum absolute atomic E-state index is 0.132. The van der Waals surface area contributed by atoms with E-state index < -0.39 is 11.8 Å². The first-order chi connectivity index (χ1) is 14.2. The lowest BCUT2D eigenvalue weighted by Gasteiger charge is -2.34. The van der Waals surface area contributed by atoms with Crippen LogP contribution in [0.5, 0.6) is 0 Å². The van der Waals surface area contributed by atoms with E-state index in [1.54, 1.807) is 17.6 Å². The largest absolute Gasteiger partial charge is 0.468 e. The van der Waals surface area contributed by atoms with Gasteiger partial charge in [0, 0.05) is 24.5 Å². The summed E-state index contributed by atoms with van der Waals surface area (Å²) in [5, 5.41) is 7.37. The van der Waals surface area contributed by atoms with Gasteiger partial charge >= 0.3 is 11.8 Å². The molecule has 0 aliphatic carbocycles. The van der Waals surface area contributed by atoms with Crippen molar-refractivity contribution in [3.8, 4) is 0 Å². The number of nitrogens with one attached hydrogen (secondary N) is 2. The van der Waals surface area contributed by atoms with E-state index in [-0.39, 0.29) is 6.04 Å². The van der Waals surface area contributed by atoms with Crippen molar-refractivity contribution in [3.63, 3.8) is 0 Å². The van der Waals surface area contributed by atoms with Gasteiger partial charge in [-0.25, -0.2) is 0 Å². The summed E-state index contributed by atoms with van der Waals surface area (Å²) >= 11 is 1.54. The zero-order chi connectivity index (χ0) is 20.1. The molecule has 3 heterocycles. The van der Waals surface area contributed by atoms with E-state index in [0.717, 1.165) is 30.1 Å². The first-order valence-electron chi connectivity index (χ1n) is 9.63. The number of furan rings is 1. The summed E-state index contributed by atoms with van der Waals surface area (Å²) in [6.45, 7) is 2.31. The van der Waals surface area contributed by atoms with Crippen LogP contribution in [-0.4, -0.2) is 29.8 Å². The molecule has 0 saturated carbocycles. The van der Waals surface area contributed by atoms with Crippen molar-refractivity contribution >= 4 is 23.2 Å². The van der Waals surface area contributed by atoms with E-state index in [9.17, 15) is 9.59 Å². The fourth-order valence-corrected chi connectivity index (χ4v) is 4.25. The second-order valence-corrected chi connectivity index (χ2v) is 8.02. The Balaban J connectivity index is 1.38. The normalized spacial score (nSPS) is 14.8. The van der Waals surface area contributed by atoms with Crippen molar-refractivity contribution in [2.45, 2.75) is 25.6 Å². The number of carbonyl (C=O) groups excluding carboxylic acids is 2. The SMILES string of the molecule is O=C(NCc1cccs1)C(=O)NC[C@@H](c1ccco1)N1CCc2ccccc2C1. The Morgan fingerprint density at radius 2 is 1.86 bits per heavy atom. The second kappa shape index (κ2) is 9.07. The van der Waals surface area contributed by atoms with Crippen LogP contribution >= 0.6 is 11.3 Å². The molecule has 0 radical (unpaired) electrons. The lowest BCUT2D eigenvalue weighted by Crippen LogP contribution is -2.44. The van der Waals surface area contributed by atoms with Crippen molar-refractivity contribution < 1.29 is 14.0 Å². The minimum atomic E-state index is -0.629. The first-order valence-corrected chi connectivity index (χ1v) is 10.5. The van der Waals surface area contributed by atoms with Gasteiger partial charge < -0.3 is 15.1 Å². The summed E-state index contributed by atoms with van der Waals surface area (Å²) < 4.78 is 5.63. The van der Waals surface area contributed by atoms with Gasteiger partial charge in [-0.1, -0.05) is 30.3 Å². The van der Waals surface area contributed by atoms with Gasteiger partial charge in [-0.2, -0.15) is 0 Å². The topological polar surface area (TPSA) is 74.6 Å². The lowest BCUT2D eigenvalue weighted by atomic mass is 9.98. The zero-order valence-electron chi connectivity index (χ0n) is 16.0. The third kappa shape index (κ3) is 4.75. The van der Waals surface area contributed by atoms with Crippen molar-refractivity contribution in [2.75, 3.05) is 13.1 Å². The lowest BCUT2D eigenvalue weighted by molar-refractivity contribution is -0.139. The van der Waals surface area contributed by atoms with Crippen molar-refractivity contribution in [1.82, 2.24) is 15.5 Å². The smallest absolute Gasteiger partial charge is 0.309 e. The highest BCUT2D eigenvalue weighted by Gasteiger charge is 2.27. The highest BCUT2D eigenvalue weighted by Crippen LogP contribution is 2.27. The average molecular weight is 410 g/mol. The number of rotatable bonds is 6. The first kappa shape index (κ1) is 19.4. The molecule has 0 bridgehead atoms. The molecule has 4 rings (SSSR count). The molecule has 3 aromatic rings. The molecule has 6 nitrogen and oxygen atoms in total. The summed E-state index contributed by atoms with van der Waals surface area (Å²) in [5.74, 6) is -0.472. The number of amides is 2. The predicted molar refractivity (Wildman–Crippen MR) is 111 cm³/mol. The van der Waals surface area contributed by atoms with Gasteiger partial charge in [-0.15, -0.1) is 11.3 Å². The summed E-state index contributed by atoms with van der Waals surface area (Å²) in [4.78, 5) is 27.7. The van der Waals surface area contributed by atoms with Gasteiger partial charge in [0.25, 0.3) is 0 Å². The molecule has 29 heavy (non-hydrogen) atoms. The van der Waals surface area contributed by atoms with Crippen LogP contribution in [0, 0.1) is 0 Å². The fraction of sp³-hybridized carbons (Fsp3) is 0.273. The molecule has 1 aromatic carbocycles. The molecule has 2 amide bonds. The molecule has 0 fully saturated rings. The van der Waals surface area contributed by atoms with Crippen LogP contribution in [0.25, 0.3) is 0 Å². The molecular weight excluding hydrogens is 386 g/mol. The Morgan fingerprint density at radius 3 is 2.62 bits per heavy atom. The number of nitrogens with zero attached hydrogens (tertiary/aromatic N) is 1. The van der Waals surface area contributed by atoms with Gasteiger partial charge in [0.15, 0.2) is 0 Å². The predicted octanol–water partition coefficient (Wildman–Crippen LogP) is 2.87. The molecule has 0 spiro atoms. The fourth-order valence-electron chi connectivity index (χ4n) is 3.60. The Kier molecular flexibility index (Phi) is 6.07. The zero-order valence-corrected chi connectivity index (χ0v) is 16.8. The monoisotopic (exact) mass is 409 g/mol. The Morgan fingerprint density at radius 1 is 1.03 bits per heavy atom. The summed E-state index contributed by atoms with van der Waals surface area (Å²) in [7, 11) is 0. The van der Waals surface area contributed by atoms with E-state index in [1.807, 2.05) is 35.7 Å². The number of fused-ring (bicyclic) bond motifs is 1. The Hall–Kier alpha value is -2.90. The number of thiophene rings is 1. The standard InChI is InChI=1S/C22H23N3O3S/c26-21(23-13-18-7-4-12-29-18)22(27)24-14-19(20-8-3-11-28-20)25-10-9-16-5-1-2-6-17(16)15-25/h1-8,11-12,19H,9-10,13-15H2,(H,23,26)(H,24,27)/t19-/m0/s1. The molecule has 0 unspecified atom stereocenters. The van der Waals surface area contributed by atoms with Gasteiger partial charge in [-0.3, -0.25) is 14.5 Å². The number of carbonyl (C=O) groups is 2. The maximum Gasteiger partial charge on any atom is 0.309 e. The van der Waals surface area contributed by atoms with Crippen LogP contribution in [0.4, 0.5) is 0 Å². The van der Waals surface area contributed by atoms with E-state index in [2.05, 4.69) is 33.7 Å². The Labute approximate surface area is 173 Å². The van der Waals surface area contributed by atoms with E-state index in [4.69, 9.17) is 4.42 Å². The molecule has 1 aliphatic heterocycles. The summed E-state index contributed by atoms with van der Waals surface area (Å²) in [6.07, 6.45) is 2.58. The van der Waals surface area contributed by atoms with Crippen LogP contribution in [0.2, 0.25) is 0 Å². The second-order valence-electron chi connectivity index (χ2n) is 6.99. The van der Waals surface area contributed by atoms with Crippen LogP contribution in [0.3, 0.4) is 0 Å². The van der Waals surface area contributed by atoms with Gasteiger partial charge in [0.1, 0.15) is 5.76 Å². The quantitative estimate of drug-likeness (QED) is 0.614. The number of hydrogen-bond donors (Lipinski definition) is 2. The number of benzene rings is 1. The molecule has 7 heteroatoms. The van der Waals surface area contributed by atoms with Crippen LogP contribution < -0.4 is 10.6 Å². The molecular formula is C22H23N3O3S. The number of hydrogen-bond acceptors (Lipinski definition) is 5. The third-order valence-electron chi connectivity index (χ3n) is 5.14. The van der Waals surface area contributed by atoms with Crippen molar-refractivity contribution in [2.24, 2.45) is 0 Å². The molecule has 2 aromatic heterocycles. The summed E-state index contributed by atoms with van der Waals surface area (Å²) in [6, 6.07) is 15.9. The van der Waals surface area contributed by atoms with Crippen LogP contribution in [-0.2, 0) is 29.1 Å². The van der Waals surface area contributed by atoms with Crippen molar-refractivity contribution in [3.05, 3.63) is 81.9 Å². The molecule has 2 N–H and O–H groups in total. The highest BCUT2D eigenvalue weighted by molar-refractivity contribution is 7.09. The maximum absolute atomic E-state index is 12.3. The summed E-state index contributed by atoms with van der Waals surface area (Å²) in [5.41, 5.74) is 2.65. The van der Waals surface area contributed by atoms with Gasteiger partial charge in [0.2, 0.25) is 0 Å². The molecule has 1 aliphatic rings.